The Balaban J connectivity index is 1.52. The zero-order valence-electron chi connectivity index (χ0n) is 18.0. The molecule has 3 aromatic carbocycles. The van der Waals surface area contributed by atoms with Gasteiger partial charge < -0.3 is 5.11 Å². The molecular weight excluding hydrogens is 493 g/mol. The Labute approximate surface area is 210 Å². The highest BCUT2D eigenvalue weighted by Crippen LogP contribution is 2.22. The third-order valence-electron chi connectivity index (χ3n) is 4.83. The van der Waals surface area contributed by atoms with Crippen LogP contribution in [0.3, 0.4) is 0 Å². The Hall–Kier alpha value is -3.33. The lowest BCUT2D eigenvalue weighted by molar-refractivity contribution is -0.625. The number of carbonyl (C=O) groups excluding carboxylic acids is 1. The summed E-state index contributed by atoms with van der Waals surface area (Å²) in [7, 11) is 0. The highest BCUT2D eigenvalue weighted by molar-refractivity contribution is 7.99. The molecule has 0 aliphatic heterocycles. The Morgan fingerprint density at radius 1 is 1.03 bits per heavy atom. The average molecular weight is 512 g/mol. The molecule has 0 radical (unpaired) electrons. The van der Waals surface area contributed by atoms with E-state index < -0.39 is 0 Å². The first-order chi connectivity index (χ1) is 16.4. The first-order valence-electron chi connectivity index (χ1n) is 10.2. The summed E-state index contributed by atoms with van der Waals surface area (Å²) in [5, 5.41) is 24.7. The van der Waals surface area contributed by atoms with Crippen LogP contribution in [0.5, 0.6) is 5.75 Å². The molecule has 34 heavy (non-hydrogen) atoms. The SMILES string of the molecule is C/C(=N/NC(=O)CSc1n[nH]c(-c2ccc(Cl)cc2)[n+]1-c1ccc(Cl)cc1)c1ccc([O-])cc1. The van der Waals surface area contributed by atoms with E-state index in [-0.39, 0.29) is 17.4 Å². The highest BCUT2D eigenvalue weighted by atomic mass is 35.5. The Morgan fingerprint density at radius 2 is 1.65 bits per heavy atom. The van der Waals surface area contributed by atoms with Crippen molar-refractivity contribution < 1.29 is 14.5 Å². The number of nitrogens with one attached hydrogen (secondary N) is 2. The molecule has 2 N–H and O–H groups in total. The minimum absolute atomic E-state index is 0.0806. The van der Waals surface area contributed by atoms with Crippen molar-refractivity contribution in [1.29, 1.82) is 0 Å². The van der Waals surface area contributed by atoms with E-state index in [1.165, 1.54) is 23.9 Å². The second kappa shape index (κ2) is 10.7. The number of H-pyrrole nitrogens is 1. The van der Waals surface area contributed by atoms with Crippen LogP contribution < -0.4 is 15.1 Å². The largest absolute Gasteiger partial charge is 0.872 e. The van der Waals surface area contributed by atoms with E-state index in [9.17, 15) is 9.90 Å². The van der Waals surface area contributed by atoms with Crippen LogP contribution >= 0.6 is 35.0 Å². The van der Waals surface area contributed by atoms with Gasteiger partial charge in [0.2, 0.25) is 0 Å². The van der Waals surface area contributed by atoms with Crippen LogP contribution in [0.15, 0.2) is 83.1 Å². The van der Waals surface area contributed by atoms with Crippen molar-refractivity contribution in [3.8, 4) is 22.8 Å². The number of halogens is 2. The van der Waals surface area contributed by atoms with Gasteiger partial charge in [0, 0.05) is 10.0 Å². The molecule has 172 valence electrons. The number of nitrogens with zero attached hydrogens (tertiary/aromatic N) is 3. The van der Waals surface area contributed by atoms with Gasteiger partial charge >= 0.3 is 5.16 Å². The lowest BCUT2D eigenvalue weighted by Crippen LogP contribution is -2.34. The maximum Gasteiger partial charge on any atom is 0.342 e. The summed E-state index contributed by atoms with van der Waals surface area (Å²) in [6, 6.07) is 21.0. The molecule has 0 aliphatic rings. The molecule has 1 amide bonds. The van der Waals surface area contributed by atoms with E-state index in [1.54, 1.807) is 43.3 Å². The smallest absolute Gasteiger partial charge is 0.342 e. The second-order valence-electron chi connectivity index (χ2n) is 7.22. The van der Waals surface area contributed by atoms with Crippen LogP contribution in [-0.4, -0.2) is 27.6 Å². The molecule has 0 spiro atoms. The van der Waals surface area contributed by atoms with Gasteiger partial charge in [-0.1, -0.05) is 47.5 Å². The van der Waals surface area contributed by atoms with Crippen LogP contribution in [0, 0.1) is 0 Å². The molecule has 4 aromatic rings. The van der Waals surface area contributed by atoms with Crippen LogP contribution in [0.2, 0.25) is 10.0 Å². The van der Waals surface area contributed by atoms with Gasteiger partial charge in [-0.05, 0) is 72.8 Å². The topological polar surface area (TPSA) is 97.1 Å². The number of amides is 1. The number of benzene rings is 3. The summed E-state index contributed by atoms with van der Waals surface area (Å²) < 4.78 is 1.91. The number of aromatic amines is 1. The number of aromatic nitrogens is 3. The van der Waals surface area contributed by atoms with Crippen molar-refractivity contribution in [1.82, 2.24) is 15.6 Å². The van der Waals surface area contributed by atoms with Gasteiger partial charge in [-0.3, -0.25) is 4.79 Å². The summed E-state index contributed by atoms with van der Waals surface area (Å²) in [5.41, 5.74) is 5.62. The second-order valence-corrected chi connectivity index (χ2v) is 9.03. The van der Waals surface area contributed by atoms with Gasteiger partial charge in [-0.2, -0.15) is 9.67 Å². The molecule has 1 aromatic heterocycles. The summed E-state index contributed by atoms with van der Waals surface area (Å²) in [6.07, 6.45) is 0. The minimum atomic E-state index is -0.288. The van der Waals surface area contributed by atoms with E-state index in [0.717, 1.165) is 22.6 Å². The predicted molar refractivity (Wildman–Crippen MR) is 133 cm³/mol. The van der Waals surface area contributed by atoms with Gasteiger partial charge in [-0.15, -0.1) is 10.8 Å². The summed E-state index contributed by atoms with van der Waals surface area (Å²) in [5.74, 6) is 0.457. The van der Waals surface area contributed by atoms with Crippen molar-refractivity contribution in [2.45, 2.75) is 12.1 Å². The summed E-state index contributed by atoms with van der Waals surface area (Å²) in [4.78, 5) is 12.4. The zero-order chi connectivity index (χ0) is 24.1. The number of hydrazone groups is 1. The number of hydrogen-bond acceptors (Lipinski definition) is 5. The molecule has 1 heterocycles. The van der Waals surface area contributed by atoms with E-state index in [1.807, 2.05) is 28.8 Å². The minimum Gasteiger partial charge on any atom is -0.872 e. The van der Waals surface area contributed by atoms with Crippen molar-refractivity contribution in [3.05, 3.63) is 88.4 Å². The van der Waals surface area contributed by atoms with Gasteiger partial charge in [0.05, 0.1) is 22.1 Å². The molecule has 0 atom stereocenters. The number of hydrogen-bond donors (Lipinski definition) is 2. The van der Waals surface area contributed by atoms with Gasteiger partial charge in [0.15, 0.2) is 0 Å². The molecule has 0 aliphatic carbocycles. The molecule has 7 nitrogen and oxygen atoms in total. The van der Waals surface area contributed by atoms with Crippen molar-refractivity contribution in [2.75, 3.05) is 5.75 Å². The fourth-order valence-electron chi connectivity index (χ4n) is 3.09. The highest BCUT2D eigenvalue weighted by Gasteiger charge is 2.24. The Morgan fingerprint density at radius 3 is 2.29 bits per heavy atom. The molecule has 0 bridgehead atoms. The molecule has 0 unspecified atom stereocenters. The van der Waals surface area contributed by atoms with E-state index in [2.05, 4.69) is 20.7 Å². The quantitative estimate of drug-likeness (QED) is 0.166. The molecule has 0 saturated heterocycles. The van der Waals surface area contributed by atoms with Gasteiger partial charge in [-0.25, -0.2) is 5.43 Å². The Kier molecular flexibility index (Phi) is 7.52. The van der Waals surface area contributed by atoms with E-state index in [4.69, 9.17) is 23.2 Å². The predicted octanol–water partition coefficient (Wildman–Crippen LogP) is 4.37. The molecule has 0 saturated carbocycles. The first-order valence-corrected chi connectivity index (χ1v) is 11.9. The lowest BCUT2D eigenvalue weighted by Gasteiger charge is -2.06. The fraction of sp³-hybridized carbons (Fsp3) is 0.0833. The fourth-order valence-corrected chi connectivity index (χ4v) is 4.11. The monoisotopic (exact) mass is 511 g/mol. The van der Waals surface area contributed by atoms with Gasteiger partial charge in [0.1, 0.15) is 5.69 Å². The standard InChI is InChI=1S/C24H19Cl2N5O2S/c1-15(16-4-12-21(32)13-5-16)27-28-22(33)14-34-24-30-29-23(17-2-6-18(25)7-3-17)31(24)20-10-8-19(26)9-11-20/h2-13H,14H2,1H3,(H2,27,28,32,33). The van der Waals surface area contributed by atoms with Crippen molar-refractivity contribution in [3.63, 3.8) is 0 Å². The average Bonchev–Trinajstić information content (AvgIpc) is 3.26. The van der Waals surface area contributed by atoms with Crippen molar-refractivity contribution in [2.24, 2.45) is 5.10 Å². The third kappa shape index (κ3) is 5.77. The molecule has 10 heteroatoms. The third-order valence-corrected chi connectivity index (χ3v) is 6.27. The number of rotatable bonds is 7. The van der Waals surface area contributed by atoms with E-state index >= 15 is 0 Å². The molecule has 0 fully saturated rings. The number of thioether (sulfide) groups is 1. The zero-order valence-corrected chi connectivity index (χ0v) is 20.3. The number of carbonyl (C=O) groups is 1. The summed E-state index contributed by atoms with van der Waals surface area (Å²) >= 11 is 13.4. The maximum absolute atomic E-state index is 12.4. The first kappa shape index (κ1) is 23.8. The lowest BCUT2D eigenvalue weighted by atomic mass is 10.1. The normalized spacial score (nSPS) is 11.4. The Bertz CT molecular complexity index is 1320. The maximum atomic E-state index is 12.4. The van der Waals surface area contributed by atoms with Gasteiger partial charge in [0.25, 0.3) is 11.7 Å². The molecular formula is C24H19Cl2N5O2S. The van der Waals surface area contributed by atoms with Crippen LogP contribution in [0.4, 0.5) is 0 Å². The summed E-state index contributed by atoms with van der Waals surface area (Å²) in [6.45, 7) is 1.76. The van der Waals surface area contributed by atoms with Crippen LogP contribution in [0.1, 0.15) is 12.5 Å². The van der Waals surface area contributed by atoms with Crippen LogP contribution in [0.25, 0.3) is 17.1 Å². The van der Waals surface area contributed by atoms with Crippen LogP contribution in [-0.2, 0) is 4.79 Å². The molecule has 4 rings (SSSR count). The van der Waals surface area contributed by atoms with E-state index in [0.29, 0.717) is 20.9 Å². The van der Waals surface area contributed by atoms with Crippen molar-refractivity contribution >= 4 is 46.6 Å².